The van der Waals surface area contributed by atoms with E-state index in [1.165, 1.54) is 44.3 Å². The molecule has 1 aliphatic carbocycles. The molecule has 1 heterocycles. The van der Waals surface area contributed by atoms with Crippen LogP contribution in [-0.4, -0.2) is 33.3 Å². The number of carbonyl (C=O) groups is 2. The van der Waals surface area contributed by atoms with Crippen LogP contribution in [0, 0.1) is 5.82 Å². The fourth-order valence-electron chi connectivity index (χ4n) is 4.31. The first-order valence-electron chi connectivity index (χ1n) is 12.5. The third-order valence-electron chi connectivity index (χ3n) is 6.44. The Morgan fingerprint density at radius 3 is 2.25 bits per heavy atom. The number of hydrogen-bond donors (Lipinski definition) is 2. The molecule has 3 aromatic carbocycles. The molecule has 4 aromatic rings. The number of sulfonamides is 1. The number of fused-ring (bicyclic) bond motifs is 1. The van der Waals surface area contributed by atoms with Gasteiger partial charge in [0, 0.05) is 18.7 Å². The third kappa shape index (κ3) is 5.30. The lowest BCUT2D eigenvalue weighted by Crippen LogP contribution is -2.42. The molecule has 0 saturated heterocycles. The van der Waals surface area contributed by atoms with Crippen molar-refractivity contribution in [3.05, 3.63) is 72.0 Å². The predicted octanol–water partition coefficient (Wildman–Crippen LogP) is 5.86. The molecule has 1 aromatic heterocycles. The summed E-state index contributed by atoms with van der Waals surface area (Å²) in [5, 5.41) is 2.84. The normalized spacial score (nSPS) is 13.2. The Morgan fingerprint density at radius 2 is 1.70 bits per heavy atom. The van der Waals surface area contributed by atoms with Crippen LogP contribution in [0.5, 0.6) is 17.2 Å². The predicted molar refractivity (Wildman–Crippen MR) is 147 cm³/mol. The van der Waals surface area contributed by atoms with Gasteiger partial charge in [0.1, 0.15) is 22.9 Å². The summed E-state index contributed by atoms with van der Waals surface area (Å²) < 4.78 is 56.9. The second-order valence-electron chi connectivity index (χ2n) is 9.16. The van der Waals surface area contributed by atoms with Crippen LogP contribution in [0.25, 0.3) is 22.3 Å². The minimum absolute atomic E-state index is 0.00222. The number of ether oxygens (including phenoxy) is 2. The Morgan fingerprint density at radius 1 is 1.07 bits per heavy atom. The molecular weight excluding hydrogens is 541 g/mol. The lowest BCUT2D eigenvalue weighted by atomic mass is 10.0. The highest BCUT2D eigenvalue weighted by Gasteiger charge is 2.35. The highest BCUT2D eigenvalue weighted by molar-refractivity contribution is 7.93. The molecule has 40 heavy (non-hydrogen) atoms. The molecule has 12 heteroatoms. The average molecular weight is 568 g/mol. The van der Waals surface area contributed by atoms with Gasteiger partial charge in [0.15, 0.2) is 11.5 Å². The lowest BCUT2D eigenvalue weighted by Gasteiger charge is -2.22. The number of urea groups is 1. The smallest absolute Gasteiger partial charge is 0.412 e. The Hall–Kier alpha value is -4.58. The van der Waals surface area contributed by atoms with Crippen molar-refractivity contribution in [1.82, 2.24) is 5.32 Å². The first-order chi connectivity index (χ1) is 19.1. The number of carbonyl (C=O) groups excluding carboxylic acids is 2. The zero-order chi connectivity index (χ0) is 28.6. The second-order valence-corrected chi connectivity index (χ2v) is 11.3. The van der Waals surface area contributed by atoms with Crippen LogP contribution >= 0.6 is 0 Å². The maximum absolute atomic E-state index is 13.2. The first-order valence-corrected chi connectivity index (χ1v) is 14.1. The maximum Gasteiger partial charge on any atom is 0.412 e. The third-order valence-corrected chi connectivity index (χ3v) is 8.10. The molecule has 0 unspecified atom stereocenters. The van der Waals surface area contributed by atoms with E-state index in [0.717, 1.165) is 12.8 Å². The molecule has 0 radical (unpaired) electrons. The zero-order valence-electron chi connectivity index (χ0n) is 21.6. The van der Waals surface area contributed by atoms with Gasteiger partial charge in [-0.15, -0.1) is 0 Å². The fraction of sp³-hybridized carbons (Fsp3) is 0.214. The average Bonchev–Trinajstić information content (AvgIpc) is 3.72. The Labute approximate surface area is 229 Å². The first kappa shape index (κ1) is 27.0. The van der Waals surface area contributed by atoms with Gasteiger partial charge in [0.25, 0.3) is 0 Å². The lowest BCUT2D eigenvalue weighted by molar-refractivity contribution is 0.203. The summed E-state index contributed by atoms with van der Waals surface area (Å²) in [6.45, 7) is 1.42. The number of rotatable bonds is 8. The van der Waals surface area contributed by atoms with E-state index in [4.69, 9.17) is 19.6 Å². The Bertz CT molecular complexity index is 1700. The monoisotopic (exact) mass is 567 g/mol. The highest BCUT2D eigenvalue weighted by atomic mass is 32.2. The molecule has 3 amide bonds. The van der Waals surface area contributed by atoms with Crippen molar-refractivity contribution >= 4 is 38.8 Å². The van der Waals surface area contributed by atoms with E-state index in [2.05, 4.69) is 5.32 Å². The SMILES string of the molecule is CCS(=O)(=O)N(C(N)=O)c1cc2oc(-c3ccc(Oc4ccc(F)cc4)cc3)c(OC(=O)NC)c2cc1C1CC1. The summed E-state index contributed by atoms with van der Waals surface area (Å²) >= 11 is 0. The van der Waals surface area contributed by atoms with Crippen LogP contribution in [-0.2, 0) is 10.0 Å². The van der Waals surface area contributed by atoms with E-state index < -0.39 is 22.1 Å². The molecule has 5 rings (SSSR count). The highest BCUT2D eigenvalue weighted by Crippen LogP contribution is 2.49. The van der Waals surface area contributed by atoms with Crippen LogP contribution in [0.3, 0.4) is 0 Å². The van der Waals surface area contributed by atoms with E-state index >= 15 is 0 Å². The zero-order valence-corrected chi connectivity index (χ0v) is 22.5. The van der Waals surface area contributed by atoms with Gasteiger partial charge in [-0.3, -0.25) is 0 Å². The van der Waals surface area contributed by atoms with Crippen LogP contribution in [0.2, 0.25) is 0 Å². The van der Waals surface area contributed by atoms with Crippen molar-refractivity contribution in [1.29, 1.82) is 0 Å². The number of amides is 3. The van der Waals surface area contributed by atoms with Crippen LogP contribution in [0.4, 0.5) is 19.7 Å². The summed E-state index contributed by atoms with van der Waals surface area (Å²) in [5.74, 6) is 0.536. The van der Waals surface area contributed by atoms with E-state index in [0.29, 0.717) is 32.3 Å². The number of nitrogens with one attached hydrogen (secondary N) is 1. The van der Waals surface area contributed by atoms with Gasteiger partial charge in [-0.2, -0.15) is 4.31 Å². The van der Waals surface area contributed by atoms with Gasteiger partial charge in [-0.1, -0.05) is 0 Å². The minimum atomic E-state index is -4.03. The van der Waals surface area contributed by atoms with E-state index in [1.54, 1.807) is 30.3 Å². The molecule has 0 spiro atoms. The summed E-state index contributed by atoms with van der Waals surface area (Å²) in [6.07, 6.45) is 0.858. The molecule has 1 saturated carbocycles. The molecule has 1 fully saturated rings. The van der Waals surface area contributed by atoms with Crippen LogP contribution in [0.1, 0.15) is 31.2 Å². The van der Waals surface area contributed by atoms with E-state index in [9.17, 15) is 22.4 Å². The quantitative estimate of drug-likeness (QED) is 0.272. The molecular formula is C28H26FN3O7S. The topological polar surface area (TPSA) is 141 Å². The number of primary amides is 1. The van der Waals surface area contributed by atoms with Gasteiger partial charge in [-0.25, -0.2) is 22.4 Å². The van der Waals surface area contributed by atoms with E-state index in [1.807, 2.05) is 0 Å². The van der Waals surface area contributed by atoms with Crippen molar-refractivity contribution in [3.8, 4) is 28.6 Å². The Balaban J connectivity index is 1.62. The number of anilines is 1. The van der Waals surface area contributed by atoms with Crippen molar-refractivity contribution in [2.45, 2.75) is 25.7 Å². The second kappa shape index (κ2) is 10.5. The molecule has 208 valence electrons. The number of nitrogens with zero attached hydrogens (tertiary/aromatic N) is 1. The van der Waals surface area contributed by atoms with Gasteiger partial charge >= 0.3 is 12.1 Å². The summed E-state index contributed by atoms with van der Waals surface area (Å²) in [6, 6.07) is 14.3. The molecule has 0 bridgehead atoms. The molecule has 0 aliphatic heterocycles. The van der Waals surface area contributed by atoms with Gasteiger partial charge in [0.05, 0.1) is 16.8 Å². The minimum Gasteiger partial charge on any atom is -0.457 e. The van der Waals surface area contributed by atoms with Crippen LogP contribution in [0.15, 0.2) is 65.1 Å². The summed E-state index contributed by atoms with van der Waals surface area (Å²) in [5.41, 5.74) is 6.94. The van der Waals surface area contributed by atoms with Gasteiger partial charge in [-0.05, 0) is 85.8 Å². The van der Waals surface area contributed by atoms with Gasteiger partial charge < -0.3 is 24.9 Å². The number of hydrogen-bond acceptors (Lipinski definition) is 7. The molecule has 10 nitrogen and oxygen atoms in total. The van der Waals surface area contributed by atoms with Crippen molar-refractivity contribution in [2.24, 2.45) is 5.73 Å². The fourth-order valence-corrected chi connectivity index (χ4v) is 5.30. The maximum atomic E-state index is 13.2. The van der Waals surface area contributed by atoms with Crippen molar-refractivity contribution in [3.63, 3.8) is 0 Å². The number of furan rings is 1. The number of halogens is 1. The summed E-state index contributed by atoms with van der Waals surface area (Å²) in [4.78, 5) is 24.6. The summed E-state index contributed by atoms with van der Waals surface area (Å²) in [7, 11) is -2.62. The van der Waals surface area contributed by atoms with Crippen molar-refractivity contribution < 1.29 is 36.3 Å². The largest absolute Gasteiger partial charge is 0.457 e. The van der Waals surface area contributed by atoms with Gasteiger partial charge in [0.2, 0.25) is 10.0 Å². The molecule has 0 atom stereocenters. The molecule has 3 N–H and O–H groups in total. The van der Waals surface area contributed by atoms with Crippen LogP contribution < -0.4 is 24.8 Å². The Kier molecular flexibility index (Phi) is 7.11. The van der Waals surface area contributed by atoms with Crippen molar-refractivity contribution in [2.75, 3.05) is 17.1 Å². The molecule has 1 aliphatic rings. The standard InChI is InChI=1S/C28H26FN3O7S/c1-3-40(35,36)32(27(30)33)23-15-24-22(14-21(23)16-4-5-16)26(39-28(34)31-2)25(38-24)17-6-10-19(11-7-17)37-20-12-8-18(29)9-13-20/h6-16H,3-5H2,1-2H3,(H2,30,33)(H,31,34). The van der Waals surface area contributed by atoms with E-state index in [-0.39, 0.29) is 40.3 Å². The number of benzene rings is 3. The number of nitrogens with two attached hydrogens (primary N) is 1.